The molecule has 0 aliphatic carbocycles. The number of methoxy groups -OCH3 is 1. The van der Waals surface area contributed by atoms with Gasteiger partial charge in [0.25, 0.3) is 0 Å². The van der Waals surface area contributed by atoms with Gasteiger partial charge in [0.2, 0.25) is 5.91 Å². The van der Waals surface area contributed by atoms with Gasteiger partial charge in [-0.1, -0.05) is 13.0 Å². The molecule has 6 heteroatoms. The zero-order valence-corrected chi connectivity index (χ0v) is 13.3. The van der Waals surface area contributed by atoms with Gasteiger partial charge in [0.1, 0.15) is 0 Å². The van der Waals surface area contributed by atoms with E-state index in [1.54, 1.807) is 0 Å². The van der Waals surface area contributed by atoms with Crippen molar-refractivity contribution < 1.29 is 14.3 Å². The van der Waals surface area contributed by atoms with Crippen LogP contribution in [0.4, 0.5) is 0 Å². The Morgan fingerprint density at radius 1 is 1.48 bits per heavy atom. The Morgan fingerprint density at radius 3 is 2.76 bits per heavy atom. The number of carbonyl (C=O) groups excluding carboxylic acids is 2. The Balaban J connectivity index is 2.07. The van der Waals surface area contributed by atoms with E-state index < -0.39 is 0 Å². The molecule has 1 fully saturated rings. The summed E-state index contributed by atoms with van der Waals surface area (Å²) in [5.74, 6) is -0.296. The van der Waals surface area contributed by atoms with Gasteiger partial charge in [0.05, 0.1) is 19.6 Å². The fourth-order valence-electron chi connectivity index (χ4n) is 2.50. The molecule has 1 aromatic rings. The highest BCUT2D eigenvalue weighted by atomic mass is 32.1. The second-order valence-corrected chi connectivity index (χ2v) is 6.61. The summed E-state index contributed by atoms with van der Waals surface area (Å²) in [5.41, 5.74) is -0.364. The van der Waals surface area contributed by atoms with Crippen LogP contribution in [0.1, 0.15) is 37.1 Å². The van der Waals surface area contributed by atoms with Gasteiger partial charge in [-0.15, -0.1) is 11.3 Å². The van der Waals surface area contributed by atoms with Gasteiger partial charge in [-0.3, -0.25) is 9.59 Å². The van der Waals surface area contributed by atoms with Gasteiger partial charge in [-0.05, 0) is 37.4 Å². The molecule has 0 saturated carbocycles. The summed E-state index contributed by atoms with van der Waals surface area (Å²) in [6.07, 6.45) is 1.79. The maximum absolute atomic E-state index is 12.6. The first-order valence-electron chi connectivity index (χ1n) is 7.17. The molecule has 1 unspecified atom stereocenters. The quantitative estimate of drug-likeness (QED) is 0.815. The Hall–Kier alpha value is -1.40. The zero-order valence-electron chi connectivity index (χ0n) is 12.5. The standard InChI is InChI=1S/C15H22N2O3S/c1-15(5-7-16-8-6-15)14(19)17-11(10-13(18)20-2)12-4-3-9-21-12/h3-4,9,11,16H,5-8,10H2,1-2H3,(H,17,19). The molecule has 1 amide bonds. The molecule has 1 saturated heterocycles. The smallest absolute Gasteiger partial charge is 0.307 e. The molecular weight excluding hydrogens is 288 g/mol. The van der Waals surface area contributed by atoms with E-state index in [2.05, 4.69) is 10.6 Å². The molecule has 0 spiro atoms. The summed E-state index contributed by atoms with van der Waals surface area (Å²) in [5, 5.41) is 8.25. The van der Waals surface area contributed by atoms with Crippen LogP contribution in [0.5, 0.6) is 0 Å². The van der Waals surface area contributed by atoms with Crippen LogP contribution < -0.4 is 10.6 Å². The number of ether oxygens (including phenoxy) is 1. The summed E-state index contributed by atoms with van der Waals surface area (Å²) in [6, 6.07) is 3.54. The number of hydrogen-bond acceptors (Lipinski definition) is 5. The van der Waals surface area contributed by atoms with Crippen LogP contribution in [0.2, 0.25) is 0 Å². The van der Waals surface area contributed by atoms with Crippen molar-refractivity contribution in [2.45, 2.75) is 32.2 Å². The maximum Gasteiger partial charge on any atom is 0.307 e. The summed E-state index contributed by atoms with van der Waals surface area (Å²) < 4.78 is 4.74. The minimum absolute atomic E-state index is 0.0197. The van der Waals surface area contributed by atoms with E-state index in [1.165, 1.54) is 18.4 Å². The predicted octanol–water partition coefficient (Wildman–Crippen LogP) is 1.86. The van der Waals surface area contributed by atoms with Gasteiger partial charge in [-0.2, -0.15) is 0 Å². The number of piperidine rings is 1. The summed E-state index contributed by atoms with van der Waals surface area (Å²) in [4.78, 5) is 25.2. The van der Waals surface area contributed by atoms with Crippen LogP contribution in [0, 0.1) is 5.41 Å². The minimum atomic E-state index is -0.364. The van der Waals surface area contributed by atoms with Crippen molar-refractivity contribution in [1.29, 1.82) is 0 Å². The summed E-state index contributed by atoms with van der Waals surface area (Å²) in [7, 11) is 1.36. The van der Waals surface area contributed by atoms with E-state index in [9.17, 15) is 9.59 Å². The van der Waals surface area contributed by atoms with Crippen molar-refractivity contribution in [3.63, 3.8) is 0 Å². The molecule has 0 bridgehead atoms. The topological polar surface area (TPSA) is 67.4 Å². The number of nitrogens with one attached hydrogen (secondary N) is 2. The van der Waals surface area contributed by atoms with Gasteiger partial charge in [0.15, 0.2) is 0 Å². The third-order valence-corrected chi connectivity index (χ3v) is 5.03. The highest BCUT2D eigenvalue weighted by Gasteiger charge is 2.36. The lowest BCUT2D eigenvalue weighted by atomic mass is 9.80. The van der Waals surface area contributed by atoms with Gasteiger partial charge in [-0.25, -0.2) is 0 Å². The third-order valence-electron chi connectivity index (χ3n) is 4.05. The molecule has 2 N–H and O–H groups in total. The number of amides is 1. The molecule has 21 heavy (non-hydrogen) atoms. The average Bonchev–Trinajstić information content (AvgIpc) is 3.01. The van der Waals surface area contributed by atoms with Crippen LogP contribution in [-0.4, -0.2) is 32.1 Å². The van der Waals surface area contributed by atoms with Gasteiger partial charge < -0.3 is 15.4 Å². The van der Waals surface area contributed by atoms with E-state index in [1.807, 2.05) is 24.4 Å². The Morgan fingerprint density at radius 2 is 2.19 bits per heavy atom. The number of carbonyl (C=O) groups is 2. The molecule has 2 heterocycles. The largest absolute Gasteiger partial charge is 0.469 e. The molecule has 116 valence electrons. The number of esters is 1. The van der Waals surface area contributed by atoms with Crippen molar-refractivity contribution in [2.24, 2.45) is 5.41 Å². The van der Waals surface area contributed by atoms with Crippen molar-refractivity contribution >= 4 is 23.2 Å². The van der Waals surface area contributed by atoms with Crippen molar-refractivity contribution in [3.8, 4) is 0 Å². The second kappa shape index (κ2) is 7.04. The first kappa shape index (κ1) is 16.0. The molecule has 0 radical (unpaired) electrons. The van der Waals surface area contributed by atoms with Crippen LogP contribution in [-0.2, 0) is 14.3 Å². The Labute approximate surface area is 129 Å². The van der Waals surface area contributed by atoms with Gasteiger partial charge in [0, 0.05) is 10.3 Å². The number of thiophene rings is 1. The Kier molecular flexibility index (Phi) is 5.36. The zero-order chi connectivity index (χ0) is 15.3. The lowest BCUT2D eigenvalue weighted by Crippen LogP contribution is -2.47. The molecule has 1 aliphatic heterocycles. The van der Waals surface area contributed by atoms with Crippen molar-refractivity contribution in [3.05, 3.63) is 22.4 Å². The molecule has 1 aliphatic rings. The molecule has 1 atom stereocenters. The van der Waals surface area contributed by atoms with Crippen LogP contribution in [0.25, 0.3) is 0 Å². The third kappa shape index (κ3) is 4.04. The highest BCUT2D eigenvalue weighted by Crippen LogP contribution is 2.30. The fourth-order valence-corrected chi connectivity index (χ4v) is 3.28. The molecule has 1 aromatic heterocycles. The monoisotopic (exact) mass is 310 g/mol. The highest BCUT2D eigenvalue weighted by molar-refractivity contribution is 7.10. The first-order valence-corrected chi connectivity index (χ1v) is 8.05. The van der Waals surface area contributed by atoms with Crippen LogP contribution >= 0.6 is 11.3 Å². The second-order valence-electron chi connectivity index (χ2n) is 5.63. The van der Waals surface area contributed by atoms with Gasteiger partial charge >= 0.3 is 5.97 Å². The van der Waals surface area contributed by atoms with E-state index in [4.69, 9.17) is 4.74 Å². The van der Waals surface area contributed by atoms with Crippen LogP contribution in [0.3, 0.4) is 0 Å². The van der Waals surface area contributed by atoms with E-state index in [0.29, 0.717) is 0 Å². The van der Waals surface area contributed by atoms with Crippen molar-refractivity contribution in [2.75, 3.05) is 20.2 Å². The summed E-state index contributed by atoms with van der Waals surface area (Å²) in [6.45, 7) is 3.70. The van der Waals surface area contributed by atoms with E-state index in [0.717, 1.165) is 30.8 Å². The Bertz CT molecular complexity index is 481. The molecule has 5 nitrogen and oxygen atoms in total. The predicted molar refractivity (Wildman–Crippen MR) is 82.0 cm³/mol. The minimum Gasteiger partial charge on any atom is -0.469 e. The normalized spacial score (nSPS) is 18.8. The fraction of sp³-hybridized carbons (Fsp3) is 0.600. The SMILES string of the molecule is COC(=O)CC(NC(=O)C1(C)CCNCC1)c1cccs1. The maximum atomic E-state index is 12.6. The molecule has 2 rings (SSSR count). The van der Waals surface area contributed by atoms with Crippen molar-refractivity contribution in [1.82, 2.24) is 10.6 Å². The average molecular weight is 310 g/mol. The number of hydrogen-bond donors (Lipinski definition) is 2. The lowest BCUT2D eigenvalue weighted by molar-refractivity contribution is -0.141. The van der Waals surface area contributed by atoms with E-state index >= 15 is 0 Å². The number of rotatable bonds is 5. The lowest BCUT2D eigenvalue weighted by Gasteiger charge is -2.34. The summed E-state index contributed by atoms with van der Waals surface area (Å²) >= 11 is 1.54. The van der Waals surface area contributed by atoms with E-state index in [-0.39, 0.29) is 29.8 Å². The molecular formula is C15H22N2O3S. The first-order chi connectivity index (χ1) is 10.0. The van der Waals surface area contributed by atoms with Crippen LogP contribution in [0.15, 0.2) is 17.5 Å². The molecule has 0 aromatic carbocycles.